The van der Waals surface area contributed by atoms with Gasteiger partial charge in [0.05, 0.1) is 0 Å². The van der Waals surface area contributed by atoms with Crippen LogP contribution in [0.3, 0.4) is 0 Å². The third-order valence-electron chi connectivity index (χ3n) is 2.94. The lowest BCUT2D eigenvalue weighted by Gasteiger charge is -2.28. The first kappa shape index (κ1) is 10.3. The van der Waals surface area contributed by atoms with Crippen LogP contribution in [0, 0.1) is 5.92 Å². The minimum atomic E-state index is 0.160. The molecule has 1 unspecified atom stereocenters. The van der Waals surface area contributed by atoms with E-state index in [1.165, 1.54) is 0 Å². The van der Waals surface area contributed by atoms with Crippen LogP contribution in [0.15, 0.2) is 24.5 Å². The summed E-state index contributed by atoms with van der Waals surface area (Å²) in [6.07, 6.45) is 5.49. The summed E-state index contributed by atoms with van der Waals surface area (Å²) in [7, 11) is 2.07. The summed E-state index contributed by atoms with van der Waals surface area (Å²) >= 11 is 0. The Hall–Kier alpha value is -1.22. The molecule has 80 valence electrons. The van der Waals surface area contributed by atoms with Crippen LogP contribution in [0.2, 0.25) is 0 Å². The molecule has 3 nitrogen and oxygen atoms in total. The Morgan fingerprint density at radius 2 is 2.47 bits per heavy atom. The second kappa shape index (κ2) is 4.53. The van der Waals surface area contributed by atoms with Crippen molar-refractivity contribution in [3.8, 4) is 0 Å². The van der Waals surface area contributed by atoms with E-state index in [9.17, 15) is 4.79 Å². The Morgan fingerprint density at radius 1 is 1.60 bits per heavy atom. The summed E-state index contributed by atoms with van der Waals surface area (Å²) in [6, 6.07) is 3.67. The average molecular weight is 204 g/mol. The largest absolute Gasteiger partial charge is 0.306 e. The Morgan fingerprint density at radius 3 is 3.13 bits per heavy atom. The standard InChI is InChI=1S/C12H16N2O/c1-14-7-3-5-11(9-14)12(15)10-4-2-6-13-8-10/h2,4,6,8,11H,3,5,7,9H2,1H3. The van der Waals surface area contributed by atoms with Gasteiger partial charge in [0.25, 0.3) is 0 Å². The van der Waals surface area contributed by atoms with E-state index in [1.807, 2.05) is 12.1 Å². The van der Waals surface area contributed by atoms with E-state index in [4.69, 9.17) is 0 Å². The molecule has 1 aliphatic rings. The van der Waals surface area contributed by atoms with Gasteiger partial charge in [-0.15, -0.1) is 0 Å². The summed E-state index contributed by atoms with van der Waals surface area (Å²) in [4.78, 5) is 18.3. The maximum Gasteiger partial charge on any atom is 0.168 e. The topological polar surface area (TPSA) is 33.2 Å². The van der Waals surface area contributed by atoms with Crippen molar-refractivity contribution in [2.45, 2.75) is 12.8 Å². The molecule has 1 aromatic heterocycles. The van der Waals surface area contributed by atoms with Crippen LogP contribution in [0.25, 0.3) is 0 Å². The quantitative estimate of drug-likeness (QED) is 0.686. The molecule has 0 bridgehead atoms. The highest BCUT2D eigenvalue weighted by Crippen LogP contribution is 2.19. The average Bonchev–Trinajstić information content (AvgIpc) is 2.29. The fourth-order valence-electron chi connectivity index (χ4n) is 2.12. The molecule has 0 radical (unpaired) electrons. The first-order valence-corrected chi connectivity index (χ1v) is 5.40. The summed E-state index contributed by atoms with van der Waals surface area (Å²) in [5.74, 6) is 0.405. The molecule has 3 heteroatoms. The molecule has 2 rings (SSSR count). The summed E-state index contributed by atoms with van der Waals surface area (Å²) in [5, 5.41) is 0. The van der Waals surface area contributed by atoms with Gasteiger partial charge in [0.1, 0.15) is 0 Å². The predicted octanol–water partition coefficient (Wildman–Crippen LogP) is 1.61. The predicted molar refractivity (Wildman–Crippen MR) is 58.8 cm³/mol. The molecule has 1 atom stereocenters. The number of hydrogen-bond donors (Lipinski definition) is 0. The highest BCUT2D eigenvalue weighted by molar-refractivity contribution is 5.97. The minimum absolute atomic E-state index is 0.160. The first-order valence-electron chi connectivity index (χ1n) is 5.40. The lowest BCUT2D eigenvalue weighted by Crippen LogP contribution is -2.36. The van der Waals surface area contributed by atoms with Gasteiger partial charge in [-0.25, -0.2) is 0 Å². The van der Waals surface area contributed by atoms with Crippen LogP contribution in [0.5, 0.6) is 0 Å². The minimum Gasteiger partial charge on any atom is -0.306 e. The van der Waals surface area contributed by atoms with Gasteiger partial charge in [-0.1, -0.05) is 0 Å². The van der Waals surface area contributed by atoms with Crippen LogP contribution in [0.1, 0.15) is 23.2 Å². The third kappa shape index (κ3) is 2.42. The number of ketones is 1. The molecule has 0 amide bonds. The van der Waals surface area contributed by atoms with Gasteiger partial charge in [-0.3, -0.25) is 9.78 Å². The lowest BCUT2D eigenvalue weighted by molar-refractivity contribution is 0.0843. The Kier molecular flexibility index (Phi) is 3.11. The van der Waals surface area contributed by atoms with E-state index >= 15 is 0 Å². The lowest BCUT2D eigenvalue weighted by atomic mass is 9.91. The van der Waals surface area contributed by atoms with E-state index in [1.54, 1.807) is 12.4 Å². The van der Waals surface area contributed by atoms with Crippen LogP contribution < -0.4 is 0 Å². The van der Waals surface area contributed by atoms with Crippen molar-refractivity contribution < 1.29 is 4.79 Å². The zero-order valence-electron chi connectivity index (χ0n) is 9.02. The molecule has 1 fully saturated rings. The van der Waals surface area contributed by atoms with Crippen molar-refractivity contribution in [2.24, 2.45) is 5.92 Å². The molecule has 0 saturated carbocycles. The third-order valence-corrected chi connectivity index (χ3v) is 2.94. The number of pyridine rings is 1. The van der Waals surface area contributed by atoms with Gasteiger partial charge < -0.3 is 4.90 Å². The molecule has 1 aliphatic heterocycles. The van der Waals surface area contributed by atoms with Gasteiger partial charge in [0, 0.05) is 30.4 Å². The highest BCUT2D eigenvalue weighted by atomic mass is 16.1. The normalized spacial score (nSPS) is 22.6. The Balaban J connectivity index is 2.08. The number of carbonyl (C=O) groups is 1. The van der Waals surface area contributed by atoms with Crippen molar-refractivity contribution in [3.63, 3.8) is 0 Å². The van der Waals surface area contributed by atoms with E-state index in [2.05, 4.69) is 16.9 Å². The van der Waals surface area contributed by atoms with E-state index in [0.29, 0.717) is 0 Å². The van der Waals surface area contributed by atoms with Crippen LogP contribution in [0.4, 0.5) is 0 Å². The van der Waals surface area contributed by atoms with Gasteiger partial charge in [0.2, 0.25) is 0 Å². The fourth-order valence-corrected chi connectivity index (χ4v) is 2.12. The van der Waals surface area contributed by atoms with E-state index in [-0.39, 0.29) is 11.7 Å². The smallest absolute Gasteiger partial charge is 0.168 e. The monoisotopic (exact) mass is 204 g/mol. The molecule has 0 spiro atoms. The number of carbonyl (C=O) groups excluding carboxylic acids is 1. The second-order valence-electron chi connectivity index (χ2n) is 4.21. The van der Waals surface area contributed by atoms with E-state index in [0.717, 1.165) is 31.5 Å². The maximum atomic E-state index is 12.1. The summed E-state index contributed by atoms with van der Waals surface area (Å²) < 4.78 is 0. The molecule has 1 aromatic rings. The molecular formula is C12H16N2O. The SMILES string of the molecule is CN1CCCC(C(=O)c2cccnc2)C1. The van der Waals surface area contributed by atoms with Crippen LogP contribution in [-0.4, -0.2) is 35.8 Å². The molecule has 0 aromatic carbocycles. The van der Waals surface area contributed by atoms with Gasteiger partial charge >= 0.3 is 0 Å². The summed E-state index contributed by atoms with van der Waals surface area (Å²) in [5.41, 5.74) is 0.748. The molecule has 0 aliphatic carbocycles. The van der Waals surface area contributed by atoms with Crippen molar-refractivity contribution >= 4 is 5.78 Å². The first-order chi connectivity index (χ1) is 7.27. The number of rotatable bonds is 2. The van der Waals surface area contributed by atoms with E-state index < -0.39 is 0 Å². The van der Waals surface area contributed by atoms with Crippen LogP contribution in [-0.2, 0) is 0 Å². The number of nitrogens with zero attached hydrogens (tertiary/aromatic N) is 2. The fraction of sp³-hybridized carbons (Fsp3) is 0.500. The van der Waals surface area contributed by atoms with Crippen molar-refractivity contribution in [1.82, 2.24) is 9.88 Å². The molecule has 15 heavy (non-hydrogen) atoms. The number of likely N-dealkylation sites (tertiary alicyclic amines) is 1. The van der Waals surface area contributed by atoms with Gasteiger partial charge in [0.15, 0.2) is 5.78 Å². The summed E-state index contributed by atoms with van der Waals surface area (Å²) in [6.45, 7) is 1.99. The molecule has 2 heterocycles. The maximum absolute atomic E-state index is 12.1. The zero-order valence-corrected chi connectivity index (χ0v) is 9.02. The molecule has 1 saturated heterocycles. The number of aromatic nitrogens is 1. The number of piperidine rings is 1. The zero-order chi connectivity index (χ0) is 10.7. The number of Topliss-reactive ketones (excluding diaryl/α,β-unsaturated/α-hetero) is 1. The Bertz CT molecular complexity index is 337. The van der Waals surface area contributed by atoms with Gasteiger partial charge in [-0.05, 0) is 38.6 Å². The van der Waals surface area contributed by atoms with Crippen molar-refractivity contribution in [2.75, 3.05) is 20.1 Å². The second-order valence-corrected chi connectivity index (χ2v) is 4.21. The van der Waals surface area contributed by atoms with Gasteiger partial charge in [-0.2, -0.15) is 0 Å². The van der Waals surface area contributed by atoms with Crippen molar-refractivity contribution in [3.05, 3.63) is 30.1 Å². The van der Waals surface area contributed by atoms with Crippen LogP contribution >= 0.6 is 0 Å². The molecule has 0 N–H and O–H groups in total. The Labute approximate surface area is 90.1 Å². The molecular weight excluding hydrogens is 188 g/mol. The van der Waals surface area contributed by atoms with Crippen molar-refractivity contribution in [1.29, 1.82) is 0 Å². The highest BCUT2D eigenvalue weighted by Gasteiger charge is 2.24. The number of hydrogen-bond acceptors (Lipinski definition) is 3.